The molecule has 0 saturated heterocycles. The number of nitrogens with one attached hydrogen (secondary N) is 1. The third-order valence-electron chi connectivity index (χ3n) is 2.91. The summed E-state index contributed by atoms with van der Waals surface area (Å²) in [6.45, 7) is 7.08. The van der Waals surface area contributed by atoms with Crippen LogP contribution in [0.5, 0.6) is 5.75 Å². The maximum Gasteiger partial charge on any atom is 0.137 e. The lowest BCUT2D eigenvalue weighted by atomic mass is 10.1. The highest BCUT2D eigenvalue weighted by atomic mass is 32.1. The number of aryl methyl sites for hydroxylation is 2. The SMILES string of the molecule is CCNC(c1cncc(OC)c1)c1sc(C)nc1C. The maximum absolute atomic E-state index is 5.25. The molecule has 2 heterocycles. The molecule has 5 heteroatoms. The highest BCUT2D eigenvalue weighted by molar-refractivity contribution is 7.11. The van der Waals surface area contributed by atoms with Crippen LogP contribution < -0.4 is 10.1 Å². The lowest BCUT2D eigenvalue weighted by Crippen LogP contribution is -2.22. The van der Waals surface area contributed by atoms with Crippen LogP contribution in [-0.2, 0) is 0 Å². The molecular weight excluding hydrogens is 258 g/mol. The maximum atomic E-state index is 5.25. The lowest BCUT2D eigenvalue weighted by molar-refractivity contribution is 0.411. The van der Waals surface area contributed by atoms with Gasteiger partial charge in [-0.2, -0.15) is 0 Å². The smallest absolute Gasteiger partial charge is 0.137 e. The van der Waals surface area contributed by atoms with Gasteiger partial charge in [0, 0.05) is 11.1 Å². The highest BCUT2D eigenvalue weighted by Gasteiger charge is 2.19. The van der Waals surface area contributed by atoms with Gasteiger partial charge in [0.1, 0.15) is 5.75 Å². The molecule has 0 spiro atoms. The molecule has 1 N–H and O–H groups in total. The number of thiazole rings is 1. The minimum atomic E-state index is 0.124. The van der Waals surface area contributed by atoms with Crippen molar-refractivity contribution < 1.29 is 4.74 Å². The Bertz CT molecular complexity index is 553. The average Bonchev–Trinajstić information content (AvgIpc) is 2.75. The van der Waals surface area contributed by atoms with E-state index in [0.717, 1.165) is 28.6 Å². The van der Waals surface area contributed by atoms with Crippen molar-refractivity contribution in [1.82, 2.24) is 15.3 Å². The number of nitrogens with zero attached hydrogens (tertiary/aromatic N) is 2. The number of hydrogen-bond donors (Lipinski definition) is 1. The second-order valence-electron chi connectivity index (χ2n) is 4.33. The van der Waals surface area contributed by atoms with E-state index in [2.05, 4.69) is 29.1 Å². The first-order valence-electron chi connectivity index (χ1n) is 6.32. The summed E-state index contributed by atoms with van der Waals surface area (Å²) in [7, 11) is 1.66. The molecule has 1 atom stereocenters. The molecule has 2 rings (SSSR count). The molecule has 0 bridgehead atoms. The Labute approximate surface area is 117 Å². The fraction of sp³-hybridized carbons (Fsp3) is 0.429. The molecule has 4 nitrogen and oxygen atoms in total. The monoisotopic (exact) mass is 277 g/mol. The standard InChI is InChI=1S/C14H19N3OS/c1-5-16-13(14-9(2)17-10(3)19-14)11-6-12(18-4)8-15-7-11/h6-8,13,16H,5H2,1-4H3. The number of aromatic nitrogens is 2. The van der Waals surface area contributed by atoms with Gasteiger partial charge in [0.2, 0.25) is 0 Å². The van der Waals surface area contributed by atoms with Crippen molar-refractivity contribution in [2.45, 2.75) is 26.8 Å². The average molecular weight is 277 g/mol. The van der Waals surface area contributed by atoms with Crippen LogP contribution in [0.2, 0.25) is 0 Å². The van der Waals surface area contributed by atoms with Crippen LogP contribution >= 0.6 is 11.3 Å². The Balaban J connectivity index is 2.41. The molecule has 0 aliphatic carbocycles. The molecule has 0 aliphatic rings. The lowest BCUT2D eigenvalue weighted by Gasteiger charge is -2.17. The minimum absolute atomic E-state index is 0.124. The Kier molecular flexibility index (Phi) is 4.50. The van der Waals surface area contributed by atoms with Gasteiger partial charge in [0.05, 0.1) is 30.1 Å². The molecule has 0 amide bonds. The van der Waals surface area contributed by atoms with E-state index in [0.29, 0.717) is 0 Å². The number of ether oxygens (including phenoxy) is 1. The minimum Gasteiger partial charge on any atom is -0.495 e. The first-order chi connectivity index (χ1) is 9.15. The Morgan fingerprint density at radius 2 is 2.16 bits per heavy atom. The van der Waals surface area contributed by atoms with Crippen LogP contribution in [0.25, 0.3) is 0 Å². The van der Waals surface area contributed by atoms with E-state index in [-0.39, 0.29) is 6.04 Å². The van der Waals surface area contributed by atoms with Gasteiger partial charge in [0.15, 0.2) is 0 Å². The van der Waals surface area contributed by atoms with Gasteiger partial charge in [0.25, 0.3) is 0 Å². The third kappa shape index (κ3) is 3.11. The van der Waals surface area contributed by atoms with Crippen LogP contribution in [0, 0.1) is 13.8 Å². The second-order valence-corrected chi connectivity index (χ2v) is 5.57. The first kappa shape index (κ1) is 14.0. The fourth-order valence-corrected chi connectivity index (χ4v) is 3.12. The van der Waals surface area contributed by atoms with E-state index in [1.54, 1.807) is 24.6 Å². The van der Waals surface area contributed by atoms with E-state index in [1.807, 2.05) is 19.2 Å². The Morgan fingerprint density at radius 1 is 1.37 bits per heavy atom. The second kappa shape index (κ2) is 6.12. The van der Waals surface area contributed by atoms with E-state index >= 15 is 0 Å². The van der Waals surface area contributed by atoms with Crippen LogP contribution in [0.15, 0.2) is 18.5 Å². The number of rotatable bonds is 5. The van der Waals surface area contributed by atoms with Crippen molar-refractivity contribution in [2.24, 2.45) is 0 Å². The summed E-state index contributed by atoms with van der Waals surface area (Å²) < 4.78 is 5.25. The number of methoxy groups -OCH3 is 1. The van der Waals surface area contributed by atoms with Crippen molar-refractivity contribution in [1.29, 1.82) is 0 Å². The molecule has 1 unspecified atom stereocenters. The van der Waals surface area contributed by atoms with Crippen LogP contribution in [0.1, 0.15) is 34.1 Å². The molecule has 2 aromatic heterocycles. The largest absolute Gasteiger partial charge is 0.495 e. The van der Waals surface area contributed by atoms with Crippen LogP contribution in [-0.4, -0.2) is 23.6 Å². The molecule has 0 aliphatic heterocycles. The summed E-state index contributed by atoms with van der Waals surface area (Å²) >= 11 is 1.73. The summed E-state index contributed by atoms with van der Waals surface area (Å²) in [6, 6.07) is 2.15. The van der Waals surface area contributed by atoms with Gasteiger partial charge in [-0.3, -0.25) is 4.98 Å². The molecule has 0 aromatic carbocycles. The molecule has 19 heavy (non-hydrogen) atoms. The number of hydrogen-bond acceptors (Lipinski definition) is 5. The van der Waals surface area contributed by atoms with E-state index in [9.17, 15) is 0 Å². The van der Waals surface area contributed by atoms with E-state index in [1.165, 1.54) is 4.88 Å². The van der Waals surface area contributed by atoms with E-state index in [4.69, 9.17) is 4.74 Å². The quantitative estimate of drug-likeness (QED) is 0.913. The number of pyridine rings is 1. The van der Waals surface area contributed by atoms with E-state index < -0.39 is 0 Å². The Morgan fingerprint density at radius 3 is 2.74 bits per heavy atom. The summed E-state index contributed by atoms with van der Waals surface area (Å²) in [5.74, 6) is 0.777. The van der Waals surface area contributed by atoms with Gasteiger partial charge >= 0.3 is 0 Å². The normalized spacial score (nSPS) is 12.4. The molecular formula is C14H19N3OS. The third-order valence-corrected chi connectivity index (χ3v) is 4.05. The summed E-state index contributed by atoms with van der Waals surface area (Å²) in [4.78, 5) is 9.99. The van der Waals surface area contributed by atoms with Crippen molar-refractivity contribution in [3.63, 3.8) is 0 Å². The Hall–Kier alpha value is -1.46. The van der Waals surface area contributed by atoms with Crippen molar-refractivity contribution in [3.05, 3.63) is 39.6 Å². The zero-order chi connectivity index (χ0) is 13.8. The first-order valence-corrected chi connectivity index (χ1v) is 7.13. The van der Waals surface area contributed by atoms with Crippen molar-refractivity contribution >= 4 is 11.3 Å². The highest BCUT2D eigenvalue weighted by Crippen LogP contribution is 2.30. The van der Waals surface area contributed by atoms with Gasteiger partial charge in [-0.15, -0.1) is 11.3 Å². The zero-order valence-electron chi connectivity index (χ0n) is 11.7. The summed E-state index contributed by atoms with van der Waals surface area (Å²) in [6.07, 6.45) is 3.60. The van der Waals surface area contributed by atoms with Crippen LogP contribution in [0.4, 0.5) is 0 Å². The molecule has 2 aromatic rings. The van der Waals surface area contributed by atoms with Crippen molar-refractivity contribution in [3.8, 4) is 5.75 Å². The molecule has 0 radical (unpaired) electrons. The summed E-state index contributed by atoms with van der Waals surface area (Å²) in [5, 5.41) is 4.58. The predicted octanol–water partition coefficient (Wildman–Crippen LogP) is 2.86. The molecule has 0 saturated carbocycles. The van der Waals surface area contributed by atoms with Crippen LogP contribution in [0.3, 0.4) is 0 Å². The predicted molar refractivity (Wildman–Crippen MR) is 77.9 cm³/mol. The zero-order valence-corrected chi connectivity index (χ0v) is 12.5. The van der Waals surface area contributed by atoms with Gasteiger partial charge in [-0.05, 0) is 32.0 Å². The van der Waals surface area contributed by atoms with Gasteiger partial charge in [-0.25, -0.2) is 4.98 Å². The van der Waals surface area contributed by atoms with Gasteiger partial charge < -0.3 is 10.1 Å². The molecule has 0 fully saturated rings. The molecule has 102 valence electrons. The van der Waals surface area contributed by atoms with Crippen molar-refractivity contribution in [2.75, 3.05) is 13.7 Å². The fourth-order valence-electron chi connectivity index (χ4n) is 2.09. The van der Waals surface area contributed by atoms with Gasteiger partial charge in [-0.1, -0.05) is 6.92 Å². The topological polar surface area (TPSA) is 47.0 Å². The summed E-state index contributed by atoms with van der Waals surface area (Å²) in [5.41, 5.74) is 2.18.